The third kappa shape index (κ3) is 3.55. The van der Waals surface area contributed by atoms with Crippen LogP contribution in [0.5, 0.6) is 0 Å². The summed E-state index contributed by atoms with van der Waals surface area (Å²) in [6.07, 6.45) is 10.2. The third-order valence-corrected chi connectivity index (χ3v) is 5.68. The molecule has 1 N–H and O–H groups in total. The fraction of sp³-hybridized carbons (Fsp3) is 0.941. The van der Waals surface area contributed by atoms with Gasteiger partial charge < -0.3 is 10.0 Å². The first-order chi connectivity index (χ1) is 9.57. The van der Waals surface area contributed by atoms with Crippen molar-refractivity contribution in [2.24, 2.45) is 11.3 Å². The maximum Gasteiger partial charge on any atom is 0.309 e. The van der Waals surface area contributed by atoms with E-state index in [-0.39, 0.29) is 0 Å². The van der Waals surface area contributed by atoms with Crippen LogP contribution in [0.1, 0.15) is 71.6 Å². The predicted molar refractivity (Wildman–Crippen MR) is 81.8 cm³/mol. The Hall–Kier alpha value is -0.570. The number of hydrogen-bond acceptors (Lipinski definition) is 2. The summed E-state index contributed by atoms with van der Waals surface area (Å²) in [5, 5.41) is 9.58. The maximum atomic E-state index is 11.6. The van der Waals surface area contributed by atoms with E-state index in [0.717, 1.165) is 44.7 Å². The number of carbonyl (C=O) groups is 1. The van der Waals surface area contributed by atoms with Crippen LogP contribution in [0.2, 0.25) is 0 Å². The molecule has 1 saturated carbocycles. The highest BCUT2D eigenvalue weighted by Crippen LogP contribution is 2.38. The minimum Gasteiger partial charge on any atom is -0.481 e. The Labute approximate surface area is 123 Å². The Morgan fingerprint density at radius 3 is 2.50 bits per heavy atom. The van der Waals surface area contributed by atoms with E-state index in [0.29, 0.717) is 6.04 Å². The smallest absolute Gasteiger partial charge is 0.309 e. The van der Waals surface area contributed by atoms with Gasteiger partial charge in [0.1, 0.15) is 0 Å². The van der Waals surface area contributed by atoms with Crippen molar-refractivity contribution in [2.75, 3.05) is 13.1 Å². The SMILES string of the molecule is CCCC1(C(=O)O)CCN(C2CCCC(C)CC2)CC1. The molecule has 2 atom stereocenters. The lowest BCUT2D eigenvalue weighted by molar-refractivity contribution is -0.153. The number of piperidine rings is 1. The molecule has 2 aliphatic rings. The zero-order valence-electron chi connectivity index (χ0n) is 13.2. The minimum absolute atomic E-state index is 0.427. The molecule has 0 amide bonds. The van der Waals surface area contributed by atoms with Gasteiger partial charge >= 0.3 is 5.97 Å². The molecule has 0 radical (unpaired) electrons. The third-order valence-electron chi connectivity index (χ3n) is 5.68. The molecule has 116 valence electrons. The second-order valence-corrected chi connectivity index (χ2v) is 7.14. The van der Waals surface area contributed by atoms with E-state index < -0.39 is 11.4 Å². The van der Waals surface area contributed by atoms with Gasteiger partial charge in [-0.05, 0) is 57.5 Å². The summed E-state index contributed by atoms with van der Waals surface area (Å²) < 4.78 is 0. The van der Waals surface area contributed by atoms with Gasteiger partial charge in [-0.25, -0.2) is 0 Å². The van der Waals surface area contributed by atoms with Gasteiger partial charge in [-0.2, -0.15) is 0 Å². The van der Waals surface area contributed by atoms with Gasteiger partial charge in [0.2, 0.25) is 0 Å². The first kappa shape index (κ1) is 15.8. The van der Waals surface area contributed by atoms with Gasteiger partial charge in [-0.3, -0.25) is 4.79 Å². The molecule has 1 aliphatic heterocycles. The molecule has 1 aliphatic carbocycles. The van der Waals surface area contributed by atoms with Crippen LogP contribution in [0.25, 0.3) is 0 Å². The van der Waals surface area contributed by atoms with Crippen molar-refractivity contribution in [3.63, 3.8) is 0 Å². The number of rotatable bonds is 4. The topological polar surface area (TPSA) is 40.5 Å². The zero-order valence-corrected chi connectivity index (χ0v) is 13.2. The van der Waals surface area contributed by atoms with Gasteiger partial charge in [0.05, 0.1) is 5.41 Å². The first-order valence-corrected chi connectivity index (χ1v) is 8.55. The van der Waals surface area contributed by atoms with Crippen LogP contribution in [-0.2, 0) is 4.79 Å². The number of likely N-dealkylation sites (tertiary alicyclic amines) is 1. The second-order valence-electron chi connectivity index (χ2n) is 7.14. The van der Waals surface area contributed by atoms with Crippen molar-refractivity contribution < 1.29 is 9.90 Å². The molecular weight excluding hydrogens is 250 g/mol. The Bertz CT molecular complexity index is 321. The molecule has 20 heavy (non-hydrogen) atoms. The lowest BCUT2D eigenvalue weighted by Gasteiger charge is -2.42. The standard InChI is InChI=1S/C17H31NO2/c1-3-9-17(16(19)20)10-12-18(13-11-17)15-6-4-5-14(2)7-8-15/h14-15H,3-13H2,1-2H3,(H,19,20). The van der Waals surface area contributed by atoms with Gasteiger partial charge in [-0.1, -0.05) is 33.1 Å². The zero-order chi connectivity index (χ0) is 14.6. The van der Waals surface area contributed by atoms with Crippen LogP contribution in [0.3, 0.4) is 0 Å². The summed E-state index contributed by atoms with van der Waals surface area (Å²) in [5.74, 6) is 0.316. The number of carboxylic acids is 1. The molecule has 0 aromatic carbocycles. The Balaban J connectivity index is 1.91. The summed E-state index contributed by atoms with van der Waals surface area (Å²) in [4.78, 5) is 14.2. The van der Waals surface area contributed by atoms with E-state index in [9.17, 15) is 9.90 Å². The molecule has 0 aromatic rings. The highest BCUT2D eigenvalue weighted by molar-refractivity contribution is 5.74. The van der Waals surface area contributed by atoms with E-state index in [4.69, 9.17) is 0 Å². The monoisotopic (exact) mass is 281 g/mol. The molecule has 1 saturated heterocycles. The number of carboxylic acid groups (broad SMARTS) is 1. The second kappa shape index (κ2) is 6.93. The summed E-state index contributed by atoms with van der Waals surface area (Å²) in [6.45, 7) is 6.45. The largest absolute Gasteiger partial charge is 0.481 e. The van der Waals surface area contributed by atoms with Crippen LogP contribution in [0.4, 0.5) is 0 Å². The quantitative estimate of drug-likeness (QED) is 0.794. The van der Waals surface area contributed by atoms with E-state index in [1.165, 1.54) is 32.1 Å². The molecule has 3 nitrogen and oxygen atoms in total. The van der Waals surface area contributed by atoms with Crippen LogP contribution < -0.4 is 0 Å². The summed E-state index contributed by atoms with van der Waals surface area (Å²) >= 11 is 0. The molecule has 1 heterocycles. The van der Waals surface area contributed by atoms with Crippen molar-refractivity contribution >= 4 is 5.97 Å². The predicted octanol–water partition coefficient (Wildman–Crippen LogP) is 3.92. The molecule has 2 rings (SSSR count). The Kier molecular flexibility index (Phi) is 5.48. The van der Waals surface area contributed by atoms with Crippen molar-refractivity contribution in [1.29, 1.82) is 0 Å². The summed E-state index contributed by atoms with van der Waals surface area (Å²) in [5.41, 5.74) is -0.427. The molecule has 3 heteroatoms. The van der Waals surface area contributed by atoms with Crippen LogP contribution in [0, 0.1) is 11.3 Å². The Morgan fingerprint density at radius 1 is 1.20 bits per heavy atom. The summed E-state index contributed by atoms with van der Waals surface area (Å²) in [6, 6.07) is 0.716. The number of aliphatic carboxylic acids is 1. The van der Waals surface area contributed by atoms with Crippen LogP contribution >= 0.6 is 0 Å². The fourth-order valence-electron chi connectivity index (χ4n) is 4.20. The molecule has 2 fully saturated rings. The van der Waals surface area contributed by atoms with Crippen molar-refractivity contribution in [3.05, 3.63) is 0 Å². The molecular formula is C17H31NO2. The van der Waals surface area contributed by atoms with Crippen molar-refractivity contribution in [3.8, 4) is 0 Å². The lowest BCUT2D eigenvalue weighted by Crippen LogP contribution is -2.48. The normalized spacial score (nSPS) is 31.7. The maximum absolute atomic E-state index is 11.6. The van der Waals surface area contributed by atoms with E-state index in [1.54, 1.807) is 0 Å². The lowest BCUT2D eigenvalue weighted by atomic mass is 9.74. The molecule has 0 bridgehead atoms. The fourth-order valence-corrected chi connectivity index (χ4v) is 4.20. The highest BCUT2D eigenvalue weighted by Gasteiger charge is 2.41. The number of nitrogens with zero attached hydrogens (tertiary/aromatic N) is 1. The summed E-state index contributed by atoms with van der Waals surface area (Å²) in [7, 11) is 0. The Morgan fingerprint density at radius 2 is 1.90 bits per heavy atom. The average molecular weight is 281 g/mol. The van der Waals surface area contributed by atoms with E-state index in [2.05, 4.69) is 18.7 Å². The molecule has 0 spiro atoms. The van der Waals surface area contributed by atoms with Gasteiger partial charge in [0.25, 0.3) is 0 Å². The van der Waals surface area contributed by atoms with Crippen LogP contribution in [-0.4, -0.2) is 35.1 Å². The van der Waals surface area contributed by atoms with Crippen molar-refractivity contribution in [2.45, 2.75) is 77.7 Å². The number of hydrogen-bond donors (Lipinski definition) is 1. The van der Waals surface area contributed by atoms with Gasteiger partial charge in [0, 0.05) is 6.04 Å². The van der Waals surface area contributed by atoms with Crippen molar-refractivity contribution in [1.82, 2.24) is 4.90 Å². The first-order valence-electron chi connectivity index (χ1n) is 8.55. The molecule has 2 unspecified atom stereocenters. The van der Waals surface area contributed by atoms with Gasteiger partial charge in [-0.15, -0.1) is 0 Å². The minimum atomic E-state index is -0.562. The molecule has 0 aromatic heterocycles. The highest BCUT2D eigenvalue weighted by atomic mass is 16.4. The average Bonchev–Trinajstić information content (AvgIpc) is 2.65. The van der Waals surface area contributed by atoms with E-state index in [1.807, 2.05) is 0 Å². The van der Waals surface area contributed by atoms with Crippen LogP contribution in [0.15, 0.2) is 0 Å². The van der Waals surface area contributed by atoms with Gasteiger partial charge in [0.15, 0.2) is 0 Å². The van der Waals surface area contributed by atoms with E-state index >= 15 is 0 Å².